The summed E-state index contributed by atoms with van der Waals surface area (Å²) in [6.45, 7) is 3.31. The minimum Gasteiger partial charge on any atom is -0.325 e. The molecule has 3 nitrogen and oxygen atoms in total. The van der Waals surface area contributed by atoms with Crippen molar-refractivity contribution in [2.45, 2.75) is 19.9 Å². The van der Waals surface area contributed by atoms with Crippen LogP contribution in [0, 0.1) is 24.4 Å². The molecule has 0 radical (unpaired) electrons. The van der Waals surface area contributed by atoms with Crippen molar-refractivity contribution in [3.63, 3.8) is 0 Å². The van der Waals surface area contributed by atoms with E-state index in [1.165, 1.54) is 12.1 Å². The van der Waals surface area contributed by atoms with Crippen LogP contribution in [0.1, 0.15) is 24.1 Å². The molecule has 1 atom stereocenters. The van der Waals surface area contributed by atoms with Gasteiger partial charge in [-0.1, -0.05) is 12.1 Å². The molecule has 0 heterocycles. The Morgan fingerprint density at radius 1 is 1.04 bits per heavy atom. The molecule has 0 saturated heterocycles. The van der Waals surface area contributed by atoms with Crippen LogP contribution < -0.4 is 10.6 Å². The first-order valence-corrected chi connectivity index (χ1v) is 7.11. The van der Waals surface area contributed by atoms with E-state index in [2.05, 4.69) is 10.6 Å². The maximum atomic E-state index is 13.4. The fourth-order valence-corrected chi connectivity index (χ4v) is 2.02. The van der Waals surface area contributed by atoms with Gasteiger partial charge >= 0.3 is 0 Å². The predicted molar refractivity (Wildman–Crippen MR) is 82.5 cm³/mol. The number of nitrogens with one attached hydrogen (secondary N) is 2. The van der Waals surface area contributed by atoms with Crippen LogP contribution >= 0.6 is 0 Å². The number of halogens is 3. The minimum atomic E-state index is -0.935. The van der Waals surface area contributed by atoms with Crippen molar-refractivity contribution >= 4 is 11.6 Å². The number of carbonyl (C=O) groups is 1. The van der Waals surface area contributed by atoms with Gasteiger partial charge in [-0.25, -0.2) is 13.2 Å². The highest BCUT2D eigenvalue weighted by Gasteiger charge is 2.11. The summed E-state index contributed by atoms with van der Waals surface area (Å²) in [5.74, 6) is -2.61. The summed E-state index contributed by atoms with van der Waals surface area (Å²) < 4.78 is 39.5. The second-order valence-corrected chi connectivity index (χ2v) is 5.29. The number of amides is 1. The molecule has 0 aliphatic heterocycles. The summed E-state index contributed by atoms with van der Waals surface area (Å²) in [5, 5.41) is 5.46. The molecule has 2 N–H and O–H groups in total. The molecule has 2 aromatic rings. The number of benzene rings is 2. The minimum absolute atomic E-state index is 0.0460. The monoisotopic (exact) mass is 322 g/mol. The zero-order chi connectivity index (χ0) is 17.0. The summed E-state index contributed by atoms with van der Waals surface area (Å²) in [4.78, 5) is 11.8. The summed E-state index contributed by atoms with van der Waals surface area (Å²) in [5.41, 5.74) is 1.38. The first-order valence-electron chi connectivity index (χ1n) is 7.11. The van der Waals surface area contributed by atoms with Gasteiger partial charge < -0.3 is 10.6 Å². The van der Waals surface area contributed by atoms with E-state index in [4.69, 9.17) is 0 Å². The highest BCUT2D eigenvalue weighted by molar-refractivity contribution is 5.92. The molecule has 0 aliphatic carbocycles. The lowest BCUT2D eigenvalue weighted by Crippen LogP contribution is -2.30. The maximum absolute atomic E-state index is 13.4. The fraction of sp³-hybridized carbons (Fsp3) is 0.235. The normalized spacial score (nSPS) is 12.0. The van der Waals surface area contributed by atoms with Gasteiger partial charge in [-0.3, -0.25) is 4.79 Å². The van der Waals surface area contributed by atoms with Crippen LogP contribution in [0.4, 0.5) is 18.9 Å². The van der Waals surface area contributed by atoms with E-state index in [1.807, 2.05) is 0 Å². The third kappa shape index (κ3) is 4.56. The van der Waals surface area contributed by atoms with Gasteiger partial charge in [0.25, 0.3) is 0 Å². The Morgan fingerprint density at radius 2 is 1.78 bits per heavy atom. The van der Waals surface area contributed by atoms with Gasteiger partial charge in [0.1, 0.15) is 5.82 Å². The number of rotatable bonds is 5. The molecular formula is C17H17F3N2O. The van der Waals surface area contributed by atoms with Crippen molar-refractivity contribution in [3.8, 4) is 0 Å². The van der Waals surface area contributed by atoms with Gasteiger partial charge in [0.2, 0.25) is 5.91 Å². The summed E-state index contributed by atoms with van der Waals surface area (Å²) in [7, 11) is 0. The highest BCUT2D eigenvalue weighted by atomic mass is 19.2. The van der Waals surface area contributed by atoms with E-state index in [0.717, 1.165) is 12.1 Å². The van der Waals surface area contributed by atoms with Crippen LogP contribution in [0.5, 0.6) is 0 Å². The van der Waals surface area contributed by atoms with Crippen molar-refractivity contribution in [1.29, 1.82) is 0 Å². The summed E-state index contributed by atoms with van der Waals surface area (Å²) >= 11 is 0. The number of hydrogen-bond donors (Lipinski definition) is 2. The lowest BCUT2D eigenvalue weighted by Gasteiger charge is -2.14. The number of anilines is 1. The molecule has 122 valence electrons. The van der Waals surface area contributed by atoms with Crippen LogP contribution in [0.2, 0.25) is 0 Å². The predicted octanol–water partition coefficient (Wildman–Crippen LogP) is 3.70. The van der Waals surface area contributed by atoms with Gasteiger partial charge in [-0.2, -0.15) is 0 Å². The second-order valence-electron chi connectivity index (χ2n) is 5.29. The van der Waals surface area contributed by atoms with Gasteiger partial charge in [0.15, 0.2) is 11.6 Å². The van der Waals surface area contributed by atoms with Crippen LogP contribution in [0.25, 0.3) is 0 Å². The molecular weight excluding hydrogens is 305 g/mol. The van der Waals surface area contributed by atoms with E-state index in [0.29, 0.717) is 16.8 Å². The van der Waals surface area contributed by atoms with Gasteiger partial charge in [0.05, 0.1) is 6.54 Å². The molecule has 0 aliphatic rings. The van der Waals surface area contributed by atoms with Gasteiger partial charge in [0, 0.05) is 11.7 Å². The molecule has 2 aromatic carbocycles. The van der Waals surface area contributed by atoms with E-state index in [9.17, 15) is 18.0 Å². The average Bonchev–Trinajstić information content (AvgIpc) is 2.51. The molecule has 23 heavy (non-hydrogen) atoms. The molecule has 0 spiro atoms. The van der Waals surface area contributed by atoms with E-state index >= 15 is 0 Å². The molecule has 0 aromatic heterocycles. The highest BCUT2D eigenvalue weighted by Crippen LogP contribution is 2.16. The number of hydrogen-bond acceptors (Lipinski definition) is 2. The lowest BCUT2D eigenvalue weighted by molar-refractivity contribution is -0.115. The smallest absolute Gasteiger partial charge is 0.238 e. The fourth-order valence-electron chi connectivity index (χ4n) is 2.02. The SMILES string of the molecule is Cc1ccc(NC(=O)CN[C@H](C)c2ccc(F)c(F)c2)cc1F. The molecule has 0 fully saturated rings. The van der Waals surface area contributed by atoms with Crippen molar-refractivity contribution < 1.29 is 18.0 Å². The quantitative estimate of drug-likeness (QED) is 0.881. The van der Waals surface area contributed by atoms with Crippen molar-refractivity contribution in [1.82, 2.24) is 5.32 Å². The molecule has 0 saturated carbocycles. The zero-order valence-electron chi connectivity index (χ0n) is 12.8. The average molecular weight is 322 g/mol. The molecule has 0 unspecified atom stereocenters. The lowest BCUT2D eigenvalue weighted by atomic mass is 10.1. The topological polar surface area (TPSA) is 41.1 Å². The summed E-state index contributed by atoms with van der Waals surface area (Å²) in [6, 6.07) is 7.65. The molecule has 2 rings (SSSR count). The van der Waals surface area contributed by atoms with E-state index in [-0.39, 0.29) is 18.5 Å². The number of carbonyl (C=O) groups excluding carboxylic acids is 1. The Morgan fingerprint density at radius 3 is 2.43 bits per heavy atom. The van der Waals surface area contributed by atoms with Crippen LogP contribution in [-0.2, 0) is 4.79 Å². The maximum Gasteiger partial charge on any atom is 0.238 e. The van der Waals surface area contributed by atoms with E-state index in [1.54, 1.807) is 26.0 Å². The van der Waals surface area contributed by atoms with Crippen LogP contribution in [0.3, 0.4) is 0 Å². The Kier molecular flexibility index (Phi) is 5.39. The number of aryl methyl sites for hydroxylation is 1. The molecule has 0 bridgehead atoms. The van der Waals surface area contributed by atoms with Crippen molar-refractivity contribution in [3.05, 3.63) is 65.0 Å². The standard InChI is InChI=1S/C17H17F3N2O/c1-10-3-5-13(8-15(10)19)22-17(23)9-21-11(2)12-4-6-14(18)16(20)7-12/h3-8,11,21H,9H2,1-2H3,(H,22,23)/t11-/m1/s1. The first-order chi connectivity index (χ1) is 10.9. The Bertz CT molecular complexity index is 719. The van der Waals surface area contributed by atoms with Gasteiger partial charge in [-0.15, -0.1) is 0 Å². The summed E-state index contributed by atoms with van der Waals surface area (Å²) in [6.07, 6.45) is 0. The third-order valence-electron chi connectivity index (χ3n) is 3.47. The van der Waals surface area contributed by atoms with E-state index < -0.39 is 17.5 Å². The van der Waals surface area contributed by atoms with Crippen molar-refractivity contribution in [2.75, 3.05) is 11.9 Å². The molecule has 1 amide bonds. The van der Waals surface area contributed by atoms with Crippen molar-refractivity contribution in [2.24, 2.45) is 0 Å². The first kappa shape index (κ1) is 17.0. The Labute approximate surface area is 132 Å². The zero-order valence-corrected chi connectivity index (χ0v) is 12.8. The largest absolute Gasteiger partial charge is 0.325 e. The second kappa shape index (κ2) is 7.28. The van der Waals surface area contributed by atoms with Gasteiger partial charge in [-0.05, 0) is 49.2 Å². The Balaban J connectivity index is 1.90. The molecule has 6 heteroatoms. The van der Waals surface area contributed by atoms with Crippen LogP contribution in [-0.4, -0.2) is 12.5 Å². The van der Waals surface area contributed by atoms with Crippen LogP contribution in [0.15, 0.2) is 36.4 Å². The Hall–Kier alpha value is -2.34. The third-order valence-corrected chi connectivity index (χ3v) is 3.47.